The van der Waals surface area contributed by atoms with E-state index in [1.165, 1.54) is 35.7 Å². The van der Waals surface area contributed by atoms with Crippen molar-refractivity contribution in [2.45, 2.75) is 30.8 Å². The van der Waals surface area contributed by atoms with E-state index in [1.54, 1.807) is 4.90 Å². The van der Waals surface area contributed by atoms with Crippen LogP contribution in [0, 0.1) is 0 Å². The highest BCUT2D eigenvalue weighted by Gasteiger charge is 2.39. The highest BCUT2D eigenvalue weighted by molar-refractivity contribution is 8.19. The van der Waals surface area contributed by atoms with Crippen LogP contribution < -0.4 is 4.90 Å². The zero-order valence-corrected chi connectivity index (χ0v) is 18.6. The lowest BCUT2D eigenvalue weighted by Gasteiger charge is -2.16. The molecule has 4 nitrogen and oxygen atoms in total. The Bertz CT molecular complexity index is 1080. The van der Waals surface area contributed by atoms with E-state index in [-0.39, 0.29) is 11.6 Å². The summed E-state index contributed by atoms with van der Waals surface area (Å²) in [4.78, 5) is 22.9. The van der Waals surface area contributed by atoms with Gasteiger partial charge in [0, 0.05) is 18.5 Å². The Morgan fingerprint density at radius 1 is 1.06 bits per heavy atom. The monoisotopic (exact) mass is 463 g/mol. The number of para-hydroxylation sites is 1. The van der Waals surface area contributed by atoms with Gasteiger partial charge in [0.25, 0.3) is 5.91 Å². The molecule has 2 aromatic rings. The smallest absolute Gasteiger partial charge is 0.337 e. The van der Waals surface area contributed by atoms with E-state index in [2.05, 4.69) is 4.99 Å². The van der Waals surface area contributed by atoms with Crippen molar-refractivity contribution in [3.63, 3.8) is 0 Å². The van der Waals surface area contributed by atoms with Gasteiger partial charge in [0.15, 0.2) is 5.17 Å². The molecule has 4 rings (SSSR count). The molecule has 1 amide bonds. The topological polar surface area (TPSA) is 35.9 Å². The Labute approximate surface area is 187 Å². The fourth-order valence-electron chi connectivity index (χ4n) is 3.29. The van der Waals surface area contributed by atoms with Crippen molar-refractivity contribution in [3.05, 3.63) is 64.0 Å². The van der Waals surface area contributed by atoms with E-state index < -0.39 is 11.7 Å². The molecule has 1 saturated heterocycles. The fraction of sp³-hybridized carbons (Fsp3) is 0.273. The van der Waals surface area contributed by atoms with E-state index in [4.69, 9.17) is 0 Å². The van der Waals surface area contributed by atoms with E-state index in [9.17, 15) is 18.0 Å². The standard InChI is InChI=1S/C22H20F3N3OS2/c1-3-4-12-28-19(29)18(20-27(2)16-10-5-6-11-17(16)30-20)31-21(28)26-15-9-7-8-14(13-15)22(23,24)25/h5-11,13H,3-4,12H2,1-2H3/b20-18-,26-21?. The molecule has 0 aromatic heterocycles. The van der Waals surface area contributed by atoms with E-state index >= 15 is 0 Å². The van der Waals surface area contributed by atoms with Crippen LogP contribution in [0.4, 0.5) is 24.5 Å². The molecule has 0 bridgehead atoms. The van der Waals surface area contributed by atoms with E-state index in [1.807, 2.05) is 43.1 Å². The predicted molar refractivity (Wildman–Crippen MR) is 120 cm³/mol. The summed E-state index contributed by atoms with van der Waals surface area (Å²) < 4.78 is 39.3. The summed E-state index contributed by atoms with van der Waals surface area (Å²) in [6, 6.07) is 12.8. The molecule has 0 atom stereocenters. The number of nitrogens with zero attached hydrogens (tertiary/aromatic N) is 3. The maximum Gasteiger partial charge on any atom is 0.416 e. The van der Waals surface area contributed by atoms with Gasteiger partial charge in [0.05, 0.1) is 22.0 Å². The quantitative estimate of drug-likeness (QED) is 0.486. The summed E-state index contributed by atoms with van der Waals surface area (Å²) in [7, 11) is 1.91. The van der Waals surface area contributed by atoms with Crippen LogP contribution in [0.2, 0.25) is 0 Å². The van der Waals surface area contributed by atoms with Crippen molar-refractivity contribution in [1.82, 2.24) is 4.90 Å². The Morgan fingerprint density at radius 3 is 2.55 bits per heavy atom. The number of rotatable bonds is 4. The molecular formula is C22H20F3N3OS2. The highest BCUT2D eigenvalue weighted by Crippen LogP contribution is 2.50. The highest BCUT2D eigenvalue weighted by atomic mass is 32.2. The number of anilines is 1. The minimum Gasteiger partial charge on any atom is -0.337 e. The van der Waals surface area contributed by atoms with Crippen molar-refractivity contribution < 1.29 is 18.0 Å². The minimum atomic E-state index is -4.45. The van der Waals surface area contributed by atoms with Crippen molar-refractivity contribution in [2.75, 3.05) is 18.5 Å². The molecule has 31 heavy (non-hydrogen) atoms. The maximum absolute atomic E-state index is 13.3. The lowest BCUT2D eigenvalue weighted by molar-refractivity contribution is -0.137. The molecule has 162 valence electrons. The predicted octanol–water partition coefficient (Wildman–Crippen LogP) is 6.48. The van der Waals surface area contributed by atoms with Gasteiger partial charge in [-0.2, -0.15) is 13.2 Å². The normalized spacial score (nSPS) is 20.2. The third kappa shape index (κ3) is 4.34. The van der Waals surface area contributed by atoms with Crippen LogP contribution in [-0.4, -0.2) is 29.6 Å². The number of amides is 1. The second-order valence-corrected chi connectivity index (χ2v) is 9.13. The molecule has 0 aliphatic carbocycles. The van der Waals surface area contributed by atoms with Gasteiger partial charge < -0.3 is 4.90 Å². The Hall–Kier alpha value is -2.39. The molecule has 2 heterocycles. The molecule has 0 radical (unpaired) electrons. The molecule has 0 N–H and O–H groups in total. The second-order valence-electron chi connectivity index (χ2n) is 7.12. The SMILES string of the molecule is CCCCN1C(=O)/C(=C2/Sc3ccccc3N2C)SC1=Nc1cccc(C(F)(F)F)c1. The van der Waals surface area contributed by atoms with Gasteiger partial charge in [-0.15, -0.1) is 0 Å². The third-order valence-corrected chi connectivity index (χ3v) is 7.36. The molecule has 2 aromatic carbocycles. The number of hydrogen-bond donors (Lipinski definition) is 0. The third-order valence-electron chi connectivity index (χ3n) is 4.93. The Kier molecular flexibility index (Phi) is 6.07. The molecule has 1 fully saturated rings. The number of thioether (sulfide) groups is 2. The first-order chi connectivity index (χ1) is 14.8. The van der Waals surface area contributed by atoms with Gasteiger partial charge in [-0.25, -0.2) is 4.99 Å². The van der Waals surface area contributed by atoms with Crippen LogP contribution in [0.25, 0.3) is 0 Å². The van der Waals surface area contributed by atoms with Crippen molar-refractivity contribution in [1.29, 1.82) is 0 Å². The zero-order chi connectivity index (χ0) is 22.2. The van der Waals surface area contributed by atoms with Gasteiger partial charge in [-0.1, -0.05) is 43.3 Å². The van der Waals surface area contributed by atoms with Gasteiger partial charge in [0.1, 0.15) is 4.91 Å². The van der Waals surface area contributed by atoms with Crippen LogP contribution in [0.5, 0.6) is 0 Å². The average Bonchev–Trinajstić information content (AvgIpc) is 3.23. The van der Waals surface area contributed by atoms with Crippen LogP contribution in [0.3, 0.4) is 0 Å². The average molecular weight is 464 g/mol. The first-order valence-electron chi connectivity index (χ1n) is 9.80. The molecule has 0 spiro atoms. The number of hydrogen-bond acceptors (Lipinski definition) is 5. The lowest BCUT2D eigenvalue weighted by atomic mass is 10.2. The number of aliphatic imine (C=N–C) groups is 1. The number of carbonyl (C=O) groups excluding carboxylic acids is 1. The van der Waals surface area contributed by atoms with Crippen LogP contribution >= 0.6 is 23.5 Å². The molecule has 0 unspecified atom stereocenters. The van der Waals surface area contributed by atoms with E-state index in [0.717, 1.165) is 40.6 Å². The number of carbonyl (C=O) groups is 1. The van der Waals surface area contributed by atoms with Crippen LogP contribution in [-0.2, 0) is 11.0 Å². The van der Waals surface area contributed by atoms with Crippen molar-refractivity contribution in [2.24, 2.45) is 4.99 Å². The summed E-state index contributed by atoms with van der Waals surface area (Å²) >= 11 is 2.74. The molecule has 9 heteroatoms. The first kappa shape index (κ1) is 21.8. The Morgan fingerprint density at radius 2 is 1.84 bits per heavy atom. The van der Waals surface area contributed by atoms with Crippen molar-refractivity contribution >= 4 is 46.0 Å². The summed E-state index contributed by atoms with van der Waals surface area (Å²) in [5, 5.41) is 1.22. The summed E-state index contributed by atoms with van der Waals surface area (Å²) in [6.07, 6.45) is -2.78. The number of alkyl halides is 3. The van der Waals surface area contributed by atoms with Crippen molar-refractivity contribution in [3.8, 4) is 0 Å². The Balaban J connectivity index is 1.72. The minimum absolute atomic E-state index is 0.161. The summed E-state index contributed by atoms with van der Waals surface area (Å²) in [5.41, 5.74) is 0.434. The van der Waals surface area contributed by atoms with Crippen LogP contribution in [0.1, 0.15) is 25.3 Å². The maximum atomic E-state index is 13.3. The number of amidine groups is 1. The molecule has 2 aliphatic heterocycles. The first-order valence-corrected chi connectivity index (χ1v) is 11.4. The number of fused-ring (bicyclic) bond motifs is 1. The largest absolute Gasteiger partial charge is 0.416 e. The van der Waals surface area contributed by atoms with Gasteiger partial charge >= 0.3 is 6.18 Å². The molecular weight excluding hydrogens is 443 g/mol. The summed E-state index contributed by atoms with van der Waals surface area (Å²) in [5.74, 6) is -0.161. The van der Waals surface area contributed by atoms with Gasteiger partial charge in [-0.3, -0.25) is 9.69 Å². The molecule has 0 saturated carbocycles. The van der Waals surface area contributed by atoms with Crippen LogP contribution in [0.15, 0.2) is 68.4 Å². The van der Waals surface area contributed by atoms with E-state index in [0.29, 0.717) is 16.6 Å². The fourth-order valence-corrected chi connectivity index (χ4v) is 5.66. The zero-order valence-electron chi connectivity index (χ0n) is 16.9. The molecule has 2 aliphatic rings. The number of halogens is 3. The van der Waals surface area contributed by atoms with Gasteiger partial charge in [-0.05, 0) is 48.5 Å². The second kappa shape index (κ2) is 8.63. The number of benzene rings is 2. The lowest BCUT2D eigenvalue weighted by Crippen LogP contribution is -2.30. The summed E-state index contributed by atoms with van der Waals surface area (Å²) in [6.45, 7) is 2.49. The number of unbranched alkanes of at least 4 members (excludes halogenated alkanes) is 1. The van der Waals surface area contributed by atoms with Gasteiger partial charge in [0.2, 0.25) is 0 Å².